The highest BCUT2D eigenvalue weighted by Crippen LogP contribution is 2.34. The highest BCUT2D eigenvalue weighted by Gasteiger charge is 2.28. The lowest BCUT2D eigenvalue weighted by molar-refractivity contribution is -0.118. The first-order valence-corrected chi connectivity index (χ1v) is 7.50. The van der Waals surface area contributed by atoms with E-state index >= 15 is 0 Å². The number of piperidine rings is 1. The summed E-state index contributed by atoms with van der Waals surface area (Å²) in [6, 6.07) is 3.80. The fraction of sp³-hybridized carbons (Fsp3) is 0.417. The quantitative estimate of drug-likeness (QED) is 0.664. The molecule has 0 N–H and O–H groups in total. The van der Waals surface area contributed by atoms with Crippen LogP contribution in [0.4, 0.5) is 5.69 Å². The first kappa shape index (κ1) is 13.4. The number of benzene rings is 1. The summed E-state index contributed by atoms with van der Waals surface area (Å²) in [5, 5.41) is 0.688. The summed E-state index contributed by atoms with van der Waals surface area (Å²) in [4.78, 5) is 13.8. The second-order valence-electron chi connectivity index (χ2n) is 4.15. The normalized spacial score (nSPS) is 20.8. The summed E-state index contributed by atoms with van der Waals surface area (Å²) in [5.74, 6) is 0.108. The molecule has 2 nitrogen and oxygen atoms in total. The van der Waals surface area contributed by atoms with Crippen LogP contribution in [-0.2, 0) is 4.79 Å². The van der Waals surface area contributed by atoms with Crippen molar-refractivity contribution in [3.63, 3.8) is 0 Å². The lowest BCUT2D eigenvalue weighted by atomic mass is 10.1. The number of carbonyl (C=O) groups is 1. The minimum absolute atomic E-state index is 0.0803. The summed E-state index contributed by atoms with van der Waals surface area (Å²) in [6.07, 6.45) is 1.89. The van der Waals surface area contributed by atoms with Crippen LogP contribution in [0.2, 0.25) is 5.02 Å². The Morgan fingerprint density at radius 3 is 2.88 bits per heavy atom. The van der Waals surface area contributed by atoms with Crippen molar-refractivity contribution in [3.8, 4) is 0 Å². The number of carbonyl (C=O) groups excluding carboxylic acids is 1. The van der Waals surface area contributed by atoms with Crippen LogP contribution < -0.4 is 4.90 Å². The van der Waals surface area contributed by atoms with Crippen LogP contribution in [0.25, 0.3) is 0 Å². The van der Waals surface area contributed by atoms with Crippen molar-refractivity contribution in [1.29, 1.82) is 0 Å². The standard InChI is InChI=1S/C12H12Br2ClNO/c1-7-5-9(14)11(6-10(7)15)16-4-2-3-8(13)12(16)17/h5-6,8H,2-4H2,1H3. The third-order valence-corrected chi connectivity index (χ3v) is 4.78. The molecule has 1 unspecified atom stereocenters. The zero-order chi connectivity index (χ0) is 12.6. The van der Waals surface area contributed by atoms with Gasteiger partial charge in [0.1, 0.15) is 0 Å². The highest BCUT2D eigenvalue weighted by atomic mass is 79.9. The van der Waals surface area contributed by atoms with Crippen LogP contribution >= 0.6 is 43.5 Å². The Balaban J connectivity index is 2.39. The Morgan fingerprint density at radius 1 is 1.47 bits per heavy atom. The van der Waals surface area contributed by atoms with Gasteiger partial charge in [-0.1, -0.05) is 27.5 Å². The summed E-state index contributed by atoms with van der Waals surface area (Å²) in [6.45, 7) is 2.70. The lowest BCUT2D eigenvalue weighted by Gasteiger charge is -2.30. The van der Waals surface area contributed by atoms with Crippen molar-refractivity contribution in [2.45, 2.75) is 24.6 Å². The van der Waals surface area contributed by atoms with E-state index in [9.17, 15) is 4.79 Å². The Hall–Kier alpha value is -0.0600. The Labute approximate surface area is 123 Å². The maximum Gasteiger partial charge on any atom is 0.240 e. The zero-order valence-corrected chi connectivity index (χ0v) is 13.3. The van der Waals surface area contributed by atoms with E-state index in [4.69, 9.17) is 11.6 Å². The van der Waals surface area contributed by atoms with Gasteiger partial charge in [-0.2, -0.15) is 0 Å². The minimum atomic E-state index is -0.0803. The van der Waals surface area contributed by atoms with Gasteiger partial charge >= 0.3 is 0 Å². The monoisotopic (exact) mass is 379 g/mol. The molecule has 92 valence electrons. The number of hydrogen-bond donors (Lipinski definition) is 0. The van der Waals surface area contributed by atoms with E-state index in [0.717, 1.165) is 35.1 Å². The third kappa shape index (κ3) is 2.69. The molecule has 1 heterocycles. The molecule has 1 aromatic carbocycles. The summed E-state index contributed by atoms with van der Waals surface area (Å²) in [5.41, 5.74) is 1.86. The van der Waals surface area contributed by atoms with E-state index < -0.39 is 0 Å². The maximum absolute atomic E-state index is 12.1. The summed E-state index contributed by atoms with van der Waals surface area (Å²) >= 11 is 13.0. The van der Waals surface area contributed by atoms with Gasteiger partial charge in [0, 0.05) is 16.0 Å². The Kier molecular flexibility index (Phi) is 4.16. The summed E-state index contributed by atoms with van der Waals surface area (Å²) < 4.78 is 0.911. The summed E-state index contributed by atoms with van der Waals surface area (Å²) in [7, 11) is 0. The molecule has 0 bridgehead atoms. The third-order valence-electron chi connectivity index (χ3n) is 2.89. The molecule has 1 aliphatic rings. The number of rotatable bonds is 1. The average molecular weight is 381 g/mol. The van der Waals surface area contributed by atoms with Gasteiger partial charge in [0.15, 0.2) is 0 Å². The SMILES string of the molecule is Cc1cc(Br)c(N2CCCC(Br)C2=O)cc1Cl. The average Bonchev–Trinajstić information content (AvgIpc) is 2.28. The molecule has 0 radical (unpaired) electrons. The highest BCUT2D eigenvalue weighted by molar-refractivity contribution is 9.10. The van der Waals surface area contributed by atoms with E-state index in [2.05, 4.69) is 31.9 Å². The maximum atomic E-state index is 12.1. The molecular formula is C12H12Br2ClNO. The molecular weight excluding hydrogens is 369 g/mol. The molecule has 2 rings (SSSR count). The Bertz CT molecular complexity index is 464. The van der Waals surface area contributed by atoms with Crippen molar-refractivity contribution in [3.05, 3.63) is 27.2 Å². The fourth-order valence-corrected chi connectivity index (χ4v) is 3.31. The molecule has 1 atom stereocenters. The predicted molar refractivity (Wildman–Crippen MR) is 78.2 cm³/mol. The molecule has 0 saturated carbocycles. The van der Waals surface area contributed by atoms with Crippen molar-refractivity contribution in [2.24, 2.45) is 0 Å². The zero-order valence-electron chi connectivity index (χ0n) is 9.34. The number of amides is 1. The molecule has 1 saturated heterocycles. The van der Waals surface area contributed by atoms with Crippen molar-refractivity contribution in [1.82, 2.24) is 0 Å². The van der Waals surface area contributed by atoms with Crippen LogP contribution in [0.5, 0.6) is 0 Å². The van der Waals surface area contributed by atoms with Gasteiger partial charge in [0.25, 0.3) is 0 Å². The number of nitrogens with zero attached hydrogens (tertiary/aromatic N) is 1. The smallest absolute Gasteiger partial charge is 0.240 e. The molecule has 0 aromatic heterocycles. The van der Waals surface area contributed by atoms with Crippen molar-refractivity contribution < 1.29 is 4.79 Å². The van der Waals surface area contributed by atoms with Crippen LogP contribution in [0.1, 0.15) is 18.4 Å². The van der Waals surface area contributed by atoms with E-state index in [1.54, 1.807) is 4.90 Å². The van der Waals surface area contributed by atoms with Crippen molar-refractivity contribution in [2.75, 3.05) is 11.4 Å². The van der Waals surface area contributed by atoms with E-state index in [1.807, 2.05) is 19.1 Å². The van der Waals surface area contributed by atoms with Crippen LogP contribution in [0.3, 0.4) is 0 Å². The first-order chi connectivity index (χ1) is 8.00. The number of hydrogen-bond acceptors (Lipinski definition) is 1. The molecule has 17 heavy (non-hydrogen) atoms. The van der Waals surface area contributed by atoms with Crippen molar-refractivity contribution >= 4 is 55.1 Å². The second-order valence-corrected chi connectivity index (χ2v) is 6.52. The van der Waals surface area contributed by atoms with Gasteiger partial charge < -0.3 is 4.90 Å². The topological polar surface area (TPSA) is 20.3 Å². The Morgan fingerprint density at radius 2 is 2.18 bits per heavy atom. The molecule has 1 fully saturated rings. The lowest BCUT2D eigenvalue weighted by Crippen LogP contribution is -2.42. The molecule has 1 aliphatic heterocycles. The molecule has 0 spiro atoms. The van der Waals surface area contributed by atoms with Gasteiger partial charge in [-0.3, -0.25) is 4.79 Å². The molecule has 1 amide bonds. The molecule has 1 aromatic rings. The van der Waals surface area contributed by atoms with Crippen LogP contribution in [0, 0.1) is 6.92 Å². The molecule has 5 heteroatoms. The predicted octanol–water partition coefficient (Wildman–Crippen LogP) is 4.30. The van der Waals surface area contributed by atoms with Gasteiger partial charge in [-0.15, -0.1) is 0 Å². The minimum Gasteiger partial charge on any atom is -0.310 e. The van der Waals surface area contributed by atoms with E-state index in [1.165, 1.54) is 0 Å². The fourth-order valence-electron chi connectivity index (χ4n) is 1.91. The van der Waals surface area contributed by atoms with E-state index in [0.29, 0.717) is 5.02 Å². The number of alkyl halides is 1. The van der Waals surface area contributed by atoms with Crippen LogP contribution in [-0.4, -0.2) is 17.3 Å². The molecule has 0 aliphatic carbocycles. The van der Waals surface area contributed by atoms with Gasteiger partial charge in [-0.25, -0.2) is 0 Å². The first-order valence-electron chi connectivity index (χ1n) is 5.42. The largest absolute Gasteiger partial charge is 0.310 e. The second kappa shape index (κ2) is 5.29. The van der Waals surface area contributed by atoms with E-state index in [-0.39, 0.29) is 10.7 Å². The van der Waals surface area contributed by atoms with Gasteiger partial charge in [-0.05, 0) is 53.4 Å². The van der Waals surface area contributed by atoms with Crippen LogP contribution in [0.15, 0.2) is 16.6 Å². The number of anilines is 1. The van der Waals surface area contributed by atoms with Gasteiger partial charge in [0.05, 0.1) is 10.5 Å². The number of aryl methyl sites for hydroxylation is 1. The number of halogens is 3. The van der Waals surface area contributed by atoms with Gasteiger partial charge in [0.2, 0.25) is 5.91 Å².